The molecule has 1 saturated heterocycles. The van der Waals surface area contributed by atoms with Crippen LogP contribution in [-0.4, -0.2) is 66.7 Å². The van der Waals surface area contributed by atoms with Gasteiger partial charge in [-0.2, -0.15) is 0 Å². The molecule has 0 atom stereocenters. The van der Waals surface area contributed by atoms with Crippen molar-refractivity contribution in [3.05, 3.63) is 0 Å². The van der Waals surface area contributed by atoms with Crippen molar-refractivity contribution in [1.82, 2.24) is 10.2 Å². The monoisotopic (exact) mass is 513 g/mol. The molecule has 0 aromatic rings. The summed E-state index contributed by atoms with van der Waals surface area (Å²) < 4.78 is 25.0. The summed E-state index contributed by atoms with van der Waals surface area (Å²) >= 11 is 0. The van der Waals surface area contributed by atoms with E-state index in [2.05, 4.69) is 10.2 Å². The number of halogens is 1. The molecule has 0 amide bonds. The SMILES string of the molecule is CCNC(=NCC1(O)CCCCC1)N1CCS(=O)(=O)C2(CCCCC2)C1.I. The lowest BCUT2D eigenvalue weighted by Gasteiger charge is -2.45. The maximum atomic E-state index is 12.8. The maximum Gasteiger partial charge on any atom is 0.194 e. The van der Waals surface area contributed by atoms with E-state index in [9.17, 15) is 13.5 Å². The van der Waals surface area contributed by atoms with Crippen LogP contribution in [0.4, 0.5) is 0 Å². The third kappa shape index (κ3) is 5.29. The summed E-state index contributed by atoms with van der Waals surface area (Å²) in [5.74, 6) is 0.980. The van der Waals surface area contributed by atoms with Crippen molar-refractivity contribution in [2.24, 2.45) is 4.99 Å². The first-order chi connectivity index (χ1) is 12.4. The predicted octanol–water partition coefficient (Wildman–Crippen LogP) is 2.70. The molecule has 0 aromatic heterocycles. The van der Waals surface area contributed by atoms with Crippen molar-refractivity contribution in [3.8, 4) is 0 Å². The van der Waals surface area contributed by atoms with E-state index < -0.39 is 20.2 Å². The van der Waals surface area contributed by atoms with Crippen molar-refractivity contribution < 1.29 is 13.5 Å². The standard InChI is InChI=1S/C19H35N3O3S.HI/c1-2-20-17(21-15-18(23)9-5-3-6-10-18)22-13-14-26(24,25)19(16-22)11-7-4-8-12-19;/h23H,2-16H2,1H3,(H,20,21);1H. The summed E-state index contributed by atoms with van der Waals surface area (Å²) in [5, 5.41) is 14.1. The number of nitrogens with zero attached hydrogens (tertiary/aromatic N) is 2. The van der Waals surface area contributed by atoms with Gasteiger partial charge in [0.15, 0.2) is 15.8 Å². The van der Waals surface area contributed by atoms with Crippen LogP contribution in [0.3, 0.4) is 0 Å². The quantitative estimate of drug-likeness (QED) is 0.345. The summed E-state index contributed by atoms with van der Waals surface area (Å²) in [6.45, 7) is 4.22. The molecule has 2 aliphatic carbocycles. The zero-order valence-electron chi connectivity index (χ0n) is 16.6. The smallest absolute Gasteiger partial charge is 0.194 e. The molecule has 3 fully saturated rings. The lowest BCUT2D eigenvalue weighted by molar-refractivity contribution is 0.0129. The Balaban J connectivity index is 0.00000261. The fourth-order valence-corrected chi connectivity index (χ4v) is 6.99. The lowest BCUT2D eigenvalue weighted by atomic mass is 9.85. The Morgan fingerprint density at radius 2 is 1.67 bits per heavy atom. The second kappa shape index (κ2) is 9.61. The molecule has 2 N–H and O–H groups in total. The van der Waals surface area contributed by atoms with E-state index in [1.165, 1.54) is 6.42 Å². The molecule has 27 heavy (non-hydrogen) atoms. The van der Waals surface area contributed by atoms with Crippen LogP contribution in [0.25, 0.3) is 0 Å². The van der Waals surface area contributed by atoms with Crippen molar-refractivity contribution in [3.63, 3.8) is 0 Å². The molecule has 0 bridgehead atoms. The van der Waals surface area contributed by atoms with Gasteiger partial charge in [0.1, 0.15) is 0 Å². The largest absolute Gasteiger partial charge is 0.388 e. The summed E-state index contributed by atoms with van der Waals surface area (Å²) in [7, 11) is -3.05. The highest BCUT2D eigenvalue weighted by atomic mass is 127. The Bertz CT molecular complexity index is 612. The van der Waals surface area contributed by atoms with Gasteiger partial charge in [-0.05, 0) is 32.6 Å². The number of sulfone groups is 1. The van der Waals surface area contributed by atoms with Gasteiger partial charge in [-0.25, -0.2) is 8.42 Å². The average molecular weight is 513 g/mol. The van der Waals surface area contributed by atoms with Crippen molar-refractivity contribution in [1.29, 1.82) is 0 Å². The van der Waals surface area contributed by atoms with Gasteiger partial charge < -0.3 is 15.3 Å². The van der Waals surface area contributed by atoms with Crippen LogP contribution in [0.1, 0.15) is 71.1 Å². The van der Waals surface area contributed by atoms with Crippen LogP contribution >= 0.6 is 24.0 Å². The summed E-state index contributed by atoms with van der Waals surface area (Å²) in [4.78, 5) is 6.87. The van der Waals surface area contributed by atoms with E-state index in [4.69, 9.17) is 4.99 Å². The minimum atomic E-state index is -3.05. The molecule has 3 aliphatic rings. The predicted molar refractivity (Wildman–Crippen MR) is 121 cm³/mol. The molecule has 1 spiro atoms. The van der Waals surface area contributed by atoms with Gasteiger partial charge in [0, 0.05) is 19.6 Å². The van der Waals surface area contributed by atoms with Gasteiger partial charge in [0.2, 0.25) is 0 Å². The Labute approximate surface area is 181 Å². The normalized spacial score (nSPS) is 27.0. The summed E-state index contributed by atoms with van der Waals surface area (Å²) in [6, 6.07) is 0. The van der Waals surface area contributed by atoms with E-state index in [-0.39, 0.29) is 29.7 Å². The van der Waals surface area contributed by atoms with Crippen LogP contribution in [0.5, 0.6) is 0 Å². The topological polar surface area (TPSA) is 82.0 Å². The molecule has 0 aromatic carbocycles. The highest BCUT2D eigenvalue weighted by Crippen LogP contribution is 2.38. The van der Waals surface area contributed by atoms with Crippen molar-refractivity contribution in [2.45, 2.75) is 81.5 Å². The van der Waals surface area contributed by atoms with E-state index in [0.717, 1.165) is 70.3 Å². The third-order valence-corrected chi connectivity index (χ3v) is 9.05. The van der Waals surface area contributed by atoms with E-state index >= 15 is 0 Å². The van der Waals surface area contributed by atoms with Crippen molar-refractivity contribution in [2.75, 3.05) is 31.9 Å². The Kier molecular flexibility index (Phi) is 8.25. The fraction of sp³-hybridized carbons (Fsp3) is 0.947. The van der Waals surface area contributed by atoms with E-state index in [1.807, 2.05) is 6.92 Å². The molecular formula is C19H36IN3O3S. The Hall–Kier alpha value is -0.0900. The summed E-state index contributed by atoms with van der Waals surface area (Å²) in [6.07, 6.45) is 9.63. The van der Waals surface area contributed by atoms with Gasteiger partial charge in [-0.15, -0.1) is 24.0 Å². The van der Waals surface area contributed by atoms with Gasteiger partial charge in [-0.3, -0.25) is 4.99 Å². The number of hydrogen-bond donors (Lipinski definition) is 2. The van der Waals surface area contributed by atoms with Crippen LogP contribution in [0.2, 0.25) is 0 Å². The van der Waals surface area contributed by atoms with Gasteiger partial charge in [-0.1, -0.05) is 38.5 Å². The molecule has 0 radical (unpaired) electrons. The number of aliphatic hydroxyl groups is 1. The van der Waals surface area contributed by atoms with Gasteiger partial charge in [0.05, 0.1) is 22.6 Å². The first kappa shape index (κ1) is 23.2. The number of hydrogen-bond acceptors (Lipinski definition) is 4. The third-order valence-electron chi connectivity index (χ3n) is 6.48. The minimum Gasteiger partial charge on any atom is -0.388 e. The molecular weight excluding hydrogens is 477 g/mol. The number of aliphatic imine (C=N–C) groups is 1. The molecule has 1 aliphatic heterocycles. The number of nitrogens with one attached hydrogen (secondary N) is 1. The van der Waals surface area contributed by atoms with Crippen LogP contribution in [0, 0.1) is 0 Å². The van der Waals surface area contributed by atoms with Crippen LogP contribution in [0.15, 0.2) is 4.99 Å². The molecule has 0 unspecified atom stereocenters. The molecule has 6 nitrogen and oxygen atoms in total. The summed E-state index contributed by atoms with van der Waals surface area (Å²) in [5.41, 5.74) is -0.691. The molecule has 8 heteroatoms. The average Bonchev–Trinajstić information content (AvgIpc) is 2.63. The molecule has 1 heterocycles. The Morgan fingerprint density at radius 1 is 1.07 bits per heavy atom. The van der Waals surface area contributed by atoms with Gasteiger partial charge >= 0.3 is 0 Å². The van der Waals surface area contributed by atoms with Crippen LogP contribution in [-0.2, 0) is 9.84 Å². The Morgan fingerprint density at radius 3 is 2.26 bits per heavy atom. The van der Waals surface area contributed by atoms with Crippen LogP contribution < -0.4 is 5.32 Å². The van der Waals surface area contributed by atoms with E-state index in [1.54, 1.807) is 0 Å². The second-order valence-electron chi connectivity index (χ2n) is 8.44. The highest BCUT2D eigenvalue weighted by molar-refractivity contribution is 14.0. The first-order valence-corrected chi connectivity index (χ1v) is 12.0. The highest BCUT2D eigenvalue weighted by Gasteiger charge is 2.48. The number of guanidine groups is 1. The second-order valence-corrected chi connectivity index (χ2v) is 10.9. The lowest BCUT2D eigenvalue weighted by Crippen LogP contribution is -2.60. The molecule has 3 rings (SSSR count). The zero-order valence-corrected chi connectivity index (χ0v) is 19.7. The maximum absolute atomic E-state index is 12.8. The molecule has 158 valence electrons. The minimum absolute atomic E-state index is 0. The molecule has 2 saturated carbocycles. The fourth-order valence-electron chi connectivity index (χ4n) is 4.83. The van der Waals surface area contributed by atoms with Gasteiger partial charge in [0.25, 0.3) is 0 Å². The van der Waals surface area contributed by atoms with E-state index in [0.29, 0.717) is 19.6 Å². The van der Waals surface area contributed by atoms with Crippen molar-refractivity contribution >= 4 is 39.8 Å². The number of rotatable bonds is 3. The first-order valence-electron chi connectivity index (χ1n) is 10.4. The zero-order chi connectivity index (χ0) is 18.7.